The molecule has 1 N–H and O–H groups in total. The quantitative estimate of drug-likeness (QED) is 0.768. The minimum Gasteiger partial charge on any atom is -0.379 e. The molecule has 31 heavy (non-hydrogen) atoms. The summed E-state index contributed by atoms with van der Waals surface area (Å²) in [6, 6.07) is 14.0. The van der Waals surface area contributed by atoms with Crippen LogP contribution in [0.4, 0.5) is 11.4 Å². The smallest absolute Gasteiger partial charge is 0.255 e. The Morgan fingerprint density at radius 1 is 1.00 bits per heavy atom. The molecule has 7 nitrogen and oxygen atoms in total. The number of hydrogen-bond donors (Lipinski definition) is 1. The molecular weight excluding hydrogens is 414 g/mol. The monoisotopic (exact) mass is 443 g/mol. The van der Waals surface area contributed by atoms with Crippen LogP contribution in [0.25, 0.3) is 0 Å². The van der Waals surface area contributed by atoms with Gasteiger partial charge in [0.25, 0.3) is 5.91 Å². The van der Waals surface area contributed by atoms with Gasteiger partial charge in [-0.15, -0.1) is 0 Å². The Kier molecular flexibility index (Phi) is 6.60. The number of nitrogens with one attached hydrogen (secondary N) is 1. The predicted octanol–water partition coefficient (Wildman–Crippen LogP) is 3.20. The first-order chi connectivity index (χ1) is 14.9. The lowest BCUT2D eigenvalue weighted by Gasteiger charge is -2.32. The minimum atomic E-state index is -3.65. The number of carbonyl (C=O) groups is 1. The van der Waals surface area contributed by atoms with Crippen LogP contribution in [-0.4, -0.2) is 58.0 Å². The van der Waals surface area contributed by atoms with Crippen molar-refractivity contribution in [2.45, 2.75) is 24.7 Å². The Balaban J connectivity index is 1.43. The number of morpholine rings is 1. The first kappa shape index (κ1) is 21.8. The Bertz CT molecular complexity index is 1010. The van der Waals surface area contributed by atoms with E-state index in [0.717, 1.165) is 24.7 Å². The van der Waals surface area contributed by atoms with Crippen molar-refractivity contribution < 1.29 is 17.9 Å². The van der Waals surface area contributed by atoms with Gasteiger partial charge in [-0.3, -0.25) is 4.79 Å². The number of anilines is 2. The van der Waals surface area contributed by atoms with Crippen molar-refractivity contribution in [3.63, 3.8) is 0 Å². The fourth-order valence-corrected chi connectivity index (χ4v) is 5.41. The molecule has 0 aromatic heterocycles. The van der Waals surface area contributed by atoms with Gasteiger partial charge in [-0.05, 0) is 61.2 Å². The molecule has 166 valence electrons. The van der Waals surface area contributed by atoms with E-state index < -0.39 is 10.0 Å². The van der Waals surface area contributed by atoms with Crippen molar-refractivity contribution in [2.75, 3.05) is 49.6 Å². The highest BCUT2D eigenvalue weighted by Crippen LogP contribution is 2.25. The molecule has 0 bridgehead atoms. The van der Waals surface area contributed by atoms with E-state index in [0.29, 0.717) is 37.6 Å². The van der Waals surface area contributed by atoms with Crippen molar-refractivity contribution in [1.29, 1.82) is 0 Å². The van der Waals surface area contributed by atoms with Crippen LogP contribution in [0.2, 0.25) is 0 Å². The van der Waals surface area contributed by atoms with Crippen molar-refractivity contribution >= 4 is 27.3 Å². The second-order valence-electron chi connectivity index (χ2n) is 8.21. The minimum absolute atomic E-state index is 0.122. The molecule has 2 fully saturated rings. The van der Waals surface area contributed by atoms with E-state index in [1.165, 1.54) is 29.3 Å². The van der Waals surface area contributed by atoms with E-state index in [4.69, 9.17) is 4.74 Å². The molecule has 2 aliphatic heterocycles. The molecular formula is C23H29N3O4S. The standard InChI is InChI=1S/C23H29N3O4S/c1-18-9-11-25(12-10-18)21-7-5-20(6-8-21)24-23(27)19-3-2-4-22(17-19)31(28,29)26-13-15-30-16-14-26/h2-8,17-18H,9-16H2,1H3,(H,24,27). The van der Waals surface area contributed by atoms with Crippen LogP contribution in [0.1, 0.15) is 30.1 Å². The lowest BCUT2D eigenvalue weighted by Crippen LogP contribution is -2.40. The summed E-state index contributed by atoms with van der Waals surface area (Å²) in [5.74, 6) is 0.441. The Morgan fingerprint density at radius 2 is 1.68 bits per heavy atom. The molecule has 0 atom stereocenters. The Hall–Kier alpha value is -2.42. The molecule has 2 heterocycles. The summed E-state index contributed by atoms with van der Waals surface area (Å²) in [6.45, 7) is 5.80. The average Bonchev–Trinajstić information content (AvgIpc) is 2.81. The van der Waals surface area contributed by atoms with E-state index >= 15 is 0 Å². The van der Waals surface area contributed by atoms with Crippen LogP contribution >= 0.6 is 0 Å². The second-order valence-corrected chi connectivity index (χ2v) is 10.2. The first-order valence-corrected chi connectivity index (χ1v) is 12.2. The fraction of sp³-hybridized carbons (Fsp3) is 0.435. The van der Waals surface area contributed by atoms with Crippen molar-refractivity contribution in [1.82, 2.24) is 4.31 Å². The molecule has 8 heteroatoms. The fourth-order valence-electron chi connectivity index (χ4n) is 3.96. The number of carbonyl (C=O) groups excluding carboxylic acids is 1. The van der Waals surface area contributed by atoms with E-state index in [1.807, 2.05) is 24.3 Å². The molecule has 0 spiro atoms. The van der Waals surface area contributed by atoms with Crippen LogP contribution < -0.4 is 10.2 Å². The van der Waals surface area contributed by atoms with Crippen LogP contribution in [-0.2, 0) is 14.8 Å². The zero-order chi connectivity index (χ0) is 21.8. The summed E-state index contributed by atoms with van der Waals surface area (Å²) >= 11 is 0. The molecule has 2 aliphatic rings. The number of rotatable bonds is 5. The summed E-state index contributed by atoms with van der Waals surface area (Å²) < 4.78 is 32.4. The number of benzene rings is 2. The normalized spacial score (nSPS) is 18.7. The van der Waals surface area contributed by atoms with Gasteiger partial charge < -0.3 is 15.0 Å². The van der Waals surface area contributed by atoms with Gasteiger partial charge in [0.05, 0.1) is 18.1 Å². The Morgan fingerprint density at radius 3 is 2.35 bits per heavy atom. The summed E-state index contributed by atoms with van der Waals surface area (Å²) in [7, 11) is -3.65. The third kappa shape index (κ3) is 5.08. The molecule has 1 amide bonds. The van der Waals surface area contributed by atoms with Gasteiger partial charge in [0, 0.05) is 43.1 Å². The van der Waals surface area contributed by atoms with Crippen molar-refractivity contribution in [2.24, 2.45) is 5.92 Å². The second kappa shape index (κ2) is 9.38. The number of amides is 1. The zero-order valence-corrected chi connectivity index (χ0v) is 18.6. The van der Waals surface area contributed by atoms with Gasteiger partial charge in [0.2, 0.25) is 10.0 Å². The number of ether oxygens (including phenoxy) is 1. The summed E-state index contributed by atoms with van der Waals surface area (Å²) in [4.78, 5) is 15.2. The van der Waals surface area contributed by atoms with Crippen molar-refractivity contribution in [3.05, 3.63) is 54.1 Å². The first-order valence-electron chi connectivity index (χ1n) is 10.8. The van der Waals surface area contributed by atoms with E-state index in [9.17, 15) is 13.2 Å². The third-order valence-electron chi connectivity index (χ3n) is 5.98. The van der Waals surface area contributed by atoms with E-state index in [2.05, 4.69) is 17.1 Å². The van der Waals surface area contributed by atoms with Gasteiger partial charge in [0.1, 0.15) is 0 Å². The number of nitrogens with zero attached hydrogens (tertiary/aromatic N) is 2. The molecule has 0 radical (unpaired) electrons. The molecule has 0 aliphatic carbocycles. The topological polar surface area (TPSA) is 79.0 Å². The molecule has 2 aromatic rings. The molecule has 2 saturated heterocycles. The SMILES string of the molecule is CC1CCN(c2ccc(NC(=O)c3cccc(S(=O)(=O)N4CCOCC4)c3)cc2)CC1. The van der Waals surface area contributed by atoms with Crippen LogP contribution in [0.15, 0.2) is 53.4 Å². The van der Waals surface area contributed by atoms with Gasteiger partial charge in [-0.25, -0.2) is 8.42 Å². The van der Waals surface area contributed by atoms with Gasteiger partial charge in [-0.2, -0.15) is 4.31 Å². The summed E-state index contributed by atoms with van der Waals surface area (Å²) in [6.07, 6.45) is 2.39. The average molecular weight is 444 g/mol. The molecule has 0 unspecified atom stereocenters. The largest absolute Gasteiger partial charge is 0.379 e. The van der Waals surface area contributed by atoms with Crippen LogP contribution in [0.5, 0.6) is 0 Å². The lowest BCUT2D eigenvalue weighted by molar-refractivity contribution is 0.0730. The van der Waals surface area contributed by atoms with Crippen LogP contribution in [0.3, 0.4) is 0 Å². The maximum atomic E-state index is 12.9. The molecule has 0 saturated carbocycles. The number of piperidine rings is 1. The maximum Gasteiger partial charge on any atom is 0.255 e. The third-order valence-corrected chi connectivity index (χ3v) is 7.87. The highest BCUT2D eigenvalue weighted by atomic mass is 32.2. The van der Waals surface area contributed by atoms with Gasteiger partial charge in [-0.1, -0.05) is 13.0 Å². The van der Waals surface area contributed by atoms with Crippen molar-refractivity contribution in [3.8, 4) is 0 Å². The number of sulfonamides is 1. The summed E-state index contributed by atoms with van der Waals surface area (Å²) in [5.41, 5.74) is 2.15. The molecule has 2 aromatic carbocycles. The van der Waals surface area contributed by atoms with Crippen LogP contribution in [0, 0.1) is 5.92 Å². The summed E-state index contributed by atoms with van der Waals surface area (Å²) in [5, 5.41) is 2.87. The zero-order valence-electron chi connectivity index (χ0n) is 17.8. The predicted molar refractivity (Wildman–Crippen MR) is 121 cm³/mol. The highest BCUT2D eigenvalue weighted by molar-refractivity contribution is 7.89. The molecule has 4 rings (SSSR count). The van der Waals surface area contributed by atoms with E-state index in [1.54, 1.807) is 12.1 Å². The lowest BCUT2D eigenvalue weighted by atomic mass is 9.99. The Labute approximate surface area is 184 Å². The number of hydrogen-bond acceptors (Lipinski definition) is 5. The highest BCUT2D eigenvalue weighted by Gasteiger charge is 2.27. The maximum absolute atomic E-state index is 12.9. The van der Waals surface area contributed by atoms with Gasteiger partial charge >= 0.3 is 0 Å². The van der Waals surface area contributed by atoms with E-state index in [-0.39, 0.29) is 10.8 Å². The van der Waals surface area contributed by atoms with Gasteiger partial charge in [0.15, 0.2) is 0 Å².